The van der Waals surface area contributed by atoms with E-state index in [-0.39, 0.29) is 44.6 Å². The number of carbonyl (C=O) groups is 1. The van der Waals surface area contributed by atoms with Gasteiger partial charge in [-0.3, -0.25) is 9.74 Å². The fraction of sp³-hybridized carbons (Fsp3) is 0.348. The van der Waals surface area contributed by atoms with E-state index >= 15 is 0 Å². The van der Waals surface area contributed by atoms with Crippen molar-refractivity contribution in [3.05, 3.63) is 76.2 Å². The minimum Gasteiger partial charge on any atom is -0.394 e. The Bertz CT molecular complexity index is 976. The molecule has 1 atom stereocenters. The summed E-state index contributed by atoms with van der Waals surface area (Å²) in [5.41, 5.74) is 1.99. The summed E-state index contributed by atoms with van der Waals surface area (Å²) in [5, 5.41) is 18.4. The van der Waals surface area contributed by atoms with E-state index in [4.69, 9.17) is 26.2 Å². The highest BCUT2D eigenvalue weighted by Gasteiger charge is 2.35. The van der Waals surface area contributed by atoms with Crippen LogP contribution in [0.15, 0.2) is 60.0 Å². The third-order valence-electron chi connectivity index (χ3n) is 4.97. The van der Waals surface area contributed by atoms with Crippen LogP contribution in [-0.2, 0) is 27.4 Å². The number of nitrogens with one attached hydrogen (secondary N) is 3. The van der Waals surface area contributed by atoms with Crippen molar-refractivity contribution in [1.29, 1.82) is 0 Å². The molecule has 0 saturated carbocycles. The predicted octanol–water partition coefficient (Wildman–Crippen LogP) is 2.02. The van der Waals surface area contributed by atoms with Gasteiger partial charge in [-0.15, -0.1) is 0 Å². The van der Waals surface area contributed by atoms with Crippen LogP contribution in [0.3, 0.4) is 0 Å². The molecular formula is C23H28ClFN4O5. The standard InChI is InChI=1S/C23H28ClFN4O5/c1-26-21-20(22(31)27-9-11-32-12-10-30)29(14-16-5-7-18(24)8-6-16)23(28-21)33-15-17-3-2-4-19(13-17)34-25/h2-8,13,23,26,28,30H,9-12,14-15H2,1H3,(H,27,31). The predicted molar refractivity (Wildman–Crippen MR) is 124 cm³/mol. The molecule has 1 aliphatic rings. The minimum absolute atomic E-state index is 0.0797. The molecule has 1 amide bonds. The summed E-state index contributed by atoms with van der Waals surface area (Å²) >= 11 is 6.02. The Kier molecular flexibility index (Phi) is 9.77. The number of amides is 1. The zero-order valence-corrected chi connectivity index (χ0v) is 19.5. The van der Waals surface area contributed by atoms with Gasteiger partial charge < -0.3 is 35.4 Å². The Balaban J connectivity index is 1.76. The molecule has 34 heavy (non-hydrogen) atoms. The molecule has 0 radical (unpaired) electrons. The van der Waals surface area contributed by atoms with E-state index in [1.165, 1.54) is 12.1 Å². The molecule has 0 fully saturated rings. The van der Waals surface area contributed by atoms with Crippen LogP contribution >= 0.6 is 11.6 Å². The monoisotopic (exact) mass is 494 g/mol. The molecule has 9 nitrogen and oxygen atoms in total. The van der Waals surface area contributed by atoms with Gasteiger partial charge in [0, 0.05) is 29.7 Å². The summed E-state index contributed by atoms with van der Waals surface area (Å²) in [4.78, 5) is 18.7. The van der Waals surface area contributed by atoms with E-state index in [1.807, 2.05) is 12.1 Å². The van der Waals surface area contributed by atoms with Gasteiger partial charge >= 0.3 is 0 Å². The lowest BCUT2D eigenvalue weighted by molar-refractivity contribution is -0.122. The smallest absolute Gasteiger partial charge is 0.271 e. The molecule has 1 aliphatic heterocycles. The van der Waals surface area contributed by atoms with Crippen molar-refractivity contribution < 1.29 is 28.8 Å². The lowest BCUT2D eigenvalue weighted by Crippen LogP contribution is -2.42. The molecule has 3 rings (SSSR count). The van der Waals surface area contributed by atoms with Crippen molar-refractivity contribution >= 4 is 17.5 Å². The molecule has 0 aliphatic carbocycles. The van der Waals surface area contributed by atoms with E-state index in [1.54, 1.807) is 36.2 Å². The lowest BCUT2D eigenvalue weighted by atomic mass is 10.2. The molecule has 0 spiro atoms. The first-order chi connectivity index (χ1) is 16.5. The highest BCUT2D eigenvalue weighted by Crippen LogP contribution is 2.25. The fourth-order valence-electron chi connectivity index (χ4n) is 3.39. The Morgan fingerprint density at radius 3 is 2.71 bits per heavy atom. The van der Waals surface area contributed by atoms with Gasteiger partial charge in [-0.2, -0.15) is 0 Å². The number of hydrogen-bond acceptors (Lipinski definition) is 8. The van der Waals surface area contributed by atoms with E-state index in [0.717, 1.165) is 5.56 Å². The first kappa shape index (κ1) is 25.6. The molecule has 184 valence electrons. The van der Waals surface area contributed by atoms with E-state index in [9.17, 15) is 9.32 Å². The van der Waals surface area contributed by atoms with Gasteiger partial charge in [-0.1, -0.05) is 35.9 Å². The molecule has 2 aromatic rings. The zero-order chi connectivity index (χ0) is 24.3. The van der Waals surface area contributed by atoms with Crippen LogP contribution in [0.4, 0.5) is 4.53 Å². The molecule has 11 heteroatoms. The second-order valence-electron chi connectivity index (χ2n) is 7.35. The molecule has 0 saturated heterocycles. The molecule has 1 heterocycles. The van der Waals surface area contributed by atoms with Crippen molar-refractivity contribution in [2.75, 3.05) is 33.4 Å². The third kappa shape index (κ3) is 6.97. The number of aliphatic hydroxyl groups is 1. The summed E-state index contributed by atoms with van der Waals surface area (Å²) in [5.74, 6) is 0.252. The van der Waals surface area contributed by atoms with Crippen LogP contribution in [0, 0.1) is 0 Å². The topological polar surface area (TPSA) is 104 Å². The van der Waals surface area contributed by atoms with Gasteiger partial charge in [-0.25, -0.2) is 0 Å². The zero-order valence-electron chi connectivity index (χ0n) is 18.7. The highest BCUT2D eigenvalue weighted by molar-refractivity contribution is 6.30. The van der Waals surface area contributed by atoms with Gasteiger partial charge in [0.2, 0.25) is 6.35 Å². The van der Waals surface area contributed by atoms with Crippen LogP contribution in [0.25, 0.3) is 0 Å². The highest BCUT2D eigenvalue weighted by atomic mass is 35.5. The average molecular weight is 495 g/mol. The van der Waals surface area contributed by atoms with Crippen LogP contribution < -0.4 is 20.9 Å². The number of nitrogens with zero attached hydrogens (tertiary/aromatic N) is 1. The van der Waals surface area contributed by atoms with Crippen LogP contribution in [-0.4, -0.2) is 55.7 Å². The quantitative estimate of drug-likeness (QED) is 0.314. The maximum Gasteiger partial charge on any atom is 0.271 e. The number of carbonyl (C=O) groups excluding carboxylic acids is 1. The summed E-state index contributed by atoms with van der Waals surface area (Å²) in [6.45, 7) is 1.17. The van der Waals surface area contributed by atoms with Gasteiger partial charge in [0.05, 0.1) is 26.4 Å². The Labute approximate surface area is 202 Å². The number of hydrogen-bond donors (Lipinski definition) is 4. The maximum absolute atomic E-state index is 13.1. The number of benzene rings is 2. The second-order valence-corrected chi connectivity index (χ2v) is 7.79. The fourth-order valence-corrected chi connectivity index (χ4v) is 3.52. The Hall–Kier alpha value is -3.05. The molecular weight excluding hydrogens is 467 g/mol. The van der Waals surface area contributed by atoms with E-state index in [0.29, 0.717) is 28.6 Å². The third-order valence-corrected chi connectivity index (χ3v) is 5.22. The summed E-state index contributed by atoms with van der Waals surface area (Å²) in [6.07, 6.45) is -0.681. The number of halogens is 2. The van der Waals surface area contributed by atoms with Crippen LogP contribution in [0.1, 0.15) is 11.1 Å². The SMILES string of the molecule is CNC1=C(C(=O)NCCOCCO)N(Cc2ccc(Cl)cc2)C(OCc2cccc(OF)c2)N1. The number of ether oxygens (including phenoxy) is 2. The summed E-state index contributed by atoms with van der Waals surface area (Å²) < 4.78 is 23.8. The Morgan fingerprint density at radius 2 is 2.00 bits per heavy atom. The van der Waals surface area contributed by atoms with Crippen molar-refractivity contribution in [2.45, 2.75) is 19.5 Å². The normalized spacial score (nSPS) is 15.3. The largest absolute Gasteiger partial charge is 0.394 e. The lowest BCUT2D eigenvalue weighted by Gasteiger charge is -2.28. The average Bonchev–Trinajstić information content (AvgIpc) is 3.21. The van der Waals surface area contributed by atoms with Gasteiger partial charge in [-0.05, 0) is 35.4 Å². The molecule has 0 aromatic heterocycles. The molecule has 2 aromatic carbocycles. The number of rotatable bonds is 13. The molecule has 0 bridgehead atoms. The van der Waals surface area contributed by atoms with Gasteiger partial charge in [0.1, 0.15) is 11.5 Å². The minimum atomic E-state index is -0.681. The number of aliphatic hydroxyl groups excluding tert-OH is 1. The van der Waals surface area contributed by atoms with E-state index in [2.05, 4.69) is 20.9 Å². The Morgan fingerprint density at radius 1 is 1.21 bits per heavy atom. The van der Waals surface area contributed by atoms with Crippen molar-refractivity contribution in [1.82, 2.24) is 20.9 Å². The van der Waals surface area contributed by atoms with Gasteiger partial charge in [0.15, 0.2) is 5.75 Å². The molecule has 1 unspecified atom stereocenters. The molecule has 4 N–H and O–H groups in total. The van der Waals surface area contributed by atoms with Crippen molar-refractivity contribution in [2.24, 2.45) is 0 Å². The summed E-state index contributed by atoms with van der Waals surface area (Å²) in [6, 6.07) is 13.8. The van der Waals surface area contributed by atoms with Crippen molar-refractivity contribution in [3.8, 4) is 5.75 Å². The second kappa shape index (κ2) is 13.0. The van der Waals surface area contributed by atoms with E-state index < -0.39 is 6.35 Å². The van der Waals surface area contributed by atoms with Crippen LogP contribution in [0.2, 0.25) is 5.02 Å². The van der Waals surface area contributed by atoms with Crippen molar-refractivity contribution in [3.63, 3.8) is 0 Å². The first-order valence-electron chi connectivity index (χ1n) is 10.7. The van der Waals surface area contributed by atoms with Crippen LogP contribution in [0.5, 0.6) is 5.75 Å². The first-order valence-corrected chi connectivity index (χ1v) is 11.1. The summed E-state index contributed by atoms with van der Waals surface area (Å²) in [7, 11) is 1.70. The van der Waals surface area contributed by atoms with Gasteiger partial charge in [0.25, 0.3) is 5.91 Å². The maximum atomic E-state index is 13.1.